The highest BCUT2D eigenvalue weighted by atomic mass is 16.3. The van der Waals surface area contributed by atoms with Crippen LogP contribution in [0.3, 0.4) is 0 Å². The number of benzene rings is 3. The van der Waals surface area contributed by atoms with Gasteiger partial charge >= 0.3 is 0 Å². The smallest absolute Gasteiger partial charge is 0.123 e. The van der Waals surface area contributed by atoms with Crippen molar-refractivity contribution in [3.8, 4) is 28.0 Å². The number of nitrogens with zero attached hydrogens (tertiary/aromatic N) is 1. The van der Waals surface area contributed by atoms with Crippen LogP contribution in [0.2, 0.25) is 0 Å². The van der Waals surface area contributed by atoms with E-state index in [1.54, 1.807) is 6.07 Å². The number of rotatable bonds is 2. The van der Waals surface area contributed by atoms with Gasteiger partial charge in [0.1, 0.15) is 5.75 Å². The molecule has 3 aromatic carbocycles. The van der Waals surface area contributed by atoms with Crippen LogP contribution >= 0.6 is 0 Å². The van der Waals surface area contributed by atoms with Gasteiger partial charge in [-0.15, -0.1) is 0 Å². The number of aromatic nitrogens is 1. The van der Waals surface area contributed by atoms with E-state index in [9.17, 15) is 5.11 Å². The molecule has 0 fully saturated rings. The lowest BCUT2D eigenvalue weighted by Crippen LogP contribution is -1.91. The molecule has 4 rings (SSSR count). The lowest BCUT2D eigenvalue weighted by Gasteiger charge is -2.14. The number of hydrogen-bond donors (Lipinski definition) is 1. The highest BCUT2D eigenvalue weighted by Gasteiger charge is 2.14. The summed E-state index contributed by atoms with van der Waals surface area (Å²) in [6.45, 7) is 2.08. The van der Waals surface area contributed by atoms with Crippen molar-refractivity contribution in [1.29, 1.82) is 0 Å². The molecule has 24 heavy (non-hydrogen) atoms. The zero-order chi connectivity index (χ0) is 16.5. The monoisotopic (exact) mass is 311 g/mol. The maximum atomic E-state index is 10.3. The summed E-state index contributed by atoms with van der Waals surface area (Å²) >= 11 is 0. The standard InChI is InChI=1S/C22H17NO/c1-15-10-12-16(13-11-15)22-18-7-2-4-8-20(18)23-14-19(22)17-6-3-5-9-21(17)24/h2-14,24H,1H3. The van der Waals surface area contributed by atoms with E-state index in [1.165, 1.54) is 5.56 Å². The zero-order valence-electron chi connectivity index (χ0n) is 13.4. The van der Waals surface area contributed by atoms with E-state index < -0.39 is 0 Å². The molecule has 0 bridgehead atoms. The topological polar surface area (TPSA) is 33.1 Å². The third kappa shape index (κ3) is 2.42. The van der Waals surface area contributed by atoms with Gasteiger partial charge in [-0.1, -0.05) is 66.2 Å². The van der Waals surface area contributed by atoms with Crippen LogP contribution in [-0.4, -0.2) is 10.1 Å². The van der Waals surface area contributed by atoms with Gasteiger partial charge in [-0.3, -0.25) is 4.98 Å². The number of para-hydroxylation sites is 2. The Labute approximate surface area is 141 Å². The van der Waals surface area contributed by atoms with Crippen molar-refractivity contribution in [2.75, 3.05) is 0 Å². The molecule has 116 valence electrons. The average molecular weight is 311 g/mol. The van der Waals surface area contributed by atoms with Crippen LogP contribution in [-0.2, 0) is 0 Å². The second-order valence-electron chi connectivity index (χ2n) is 5.95. The Morgan fingerprint density at radius 1 is 0.750 bits per heavy atom. The van der Waals surface area contributed by atoms with E-state index in [0.29, 0.717) is 0 Å². The van der Waals surface area contributed by atoms with Crippen molar-refractivity contribution in [2.24, 2.45) is 0 Å². The maximum Gasteiger partial charge on any atom is 0.123 e. The summed E-state index contributed by atoms with van der Waals surface area (Å²) in [6, 6.07) is 24.0. The van der Waals surface area contributed by atoms with Crippen molar-refractivity contribution >= 4 is 10.9 Å². The summed E-state index contributed by atoms with van der Waals surface area (Å²) in [7, 11) is 0. The quantitative estimate of drug-likeness (QED) is 0.524. The third-order valence-electron chi connectivity index (χ3n) is 4.31. The molecule has 0 aliphatic carbocycles. The van der Waals surface area contributed by atoms with Gasteiger partial charge in [0, 0.05) is 28.3 Å². The number of pyridine rings is 1. The first kappa shape index (κ1) is 14.5. The fourth-order valence-corrected chi connectivity index (χ4v) is 3.08. The van der Waals surface area contributed by atoms with Crippen molar-refractivity contribution in [3.63, 3.8) is 0 Å². The molecule has 0 amide bonds. The molecule has 1 aromatic heterocycles. The number of hydrogen-bond acceptors (Lipinski definition) is 2. The molecule has 1 N–H and O–H groups in total. The minimum Gasteiger partial charge on any atom is -0.507 e. The van der Waals surface area contributed by atoms with E-state index in [0.717, 1.165) is 33.2 Å². The summed E-state index contributed by atoms with van der Waals surface area (Å²) in [5.41, 5.74) is 6.13. The molecular weight excluding hydrogens is 294 g/mol. The molecule has 2 heteroatoms. The van der Waals surface area contributed by atoms with Crippen LogP contribution < -0.4 is 0 Å². The Kier molecular flexibility index (Phi) is 3.51. The number of aromatic hydroxyl groups is 1. The molecule has 0 radical (unpaired) electrons. The van der Waals surface area contributed by atoms with Gasteiger partial charge in [0.25, 0.3) is 0 Å². The van der Waals surface area contributed by atoms with Gasteiger partial charge in [-0.05, 0) is 24.6 Å². The first-order valence-electron chi connectivity index (χ1n) is 7.97. The second-order valence-corrected chi connectivity index (χ2v) is 5.95. The van der Waals surface area contributed by atoms with Crippen LogP contribution in [0, 0.1) is 6.92 Å². The minimum atomic E-state index is 0.267. The molecule has 0 unspecified atom stereocenters. The average Bonchev–Trinajstić information content (AvgIpc) is 2.62. The highest BCUT2D eigenvalue weighted by Crippen LogP contribution is 2.40. The van der Waals surface area contributed by atoms with Crippen molar-refractivity contribution < 1.29 is 5.11 Å². The lowest BCUT2D eigenvalue weighted by molar-refractivity contribution is 0.477. The van der Waals surface area contributed by atoms with Crippen LogP contribution in [0.4, 0.5) is 0 Å². The molecule has 2 nitrogen and oxygen atoms in total. The number of phenolic OH excluding ortho intramolecular Hbond substituents is 1. The fourth-order valence-electron chi connectivity index (χ4n) is 3.08. The maximum absolute atomic E-state index is 10.3. The summed E-state index contributed by atoms with van der Waals surface area (Å²) < 4.78 is 0. The van der Waals surface area contributed by atoms with Gasteiger partial charge < -0.3 is 5.11 Å². The predicted octanol–water partition coefficient (Wildman–Crippen LogP) is 5.58. The first-order chi connectivity index (χ1) is 11.7. The largest absolute Gasteiger partial charge is 0.507 e. The van der Waals surface area contributed by atoms with E-state index in [4.69, 9.17) is 0 Å². The summed E-state index contributed by atoms with van der Waals surface area (Å²) in [4.78, 5) is 4.59. The number of aryl methyl sites for hydroxylation is 1. The van der Waals surface area contributed by atoms with Crippen molar-refractivity contribution in [1.82, 2.24) is 4.98 Å². The molecular formula is C22H17NO. The zero-order valence-corrected chi connectivity index (χ0v) is 13.4. The fraction of sp³-hybridized carbons (Fsp3) is 0.0455. The molecule has 0 aliphatic heterocycles. The van der Waals surface area contributed by atoms with Gasteiger partial charge in [0.15, 0.2) is 0 Å². The Balaban J connectivity index is 2.09. The van der Waals surface area contributed by atoms with E-state index >= 15 is 0 Å². The molecule has 0 atom stereocenters. The lowest BCUT2D eigenvalue weighted by atomic mass is 9.92. The van der Waals surface area contributed by atoms with Crippen LogP contribution in [0.25, 0.3) is 33.2 Å². The van der Waals surface area contributed by atoms with Crippen LogP contribution in [0.5, 0.6) is 5.75 Å². The summed E-state index contributed by atoms with van der Waals surface area (Å²) in [6.07, 6.45) is 1.85. The molecule has 0 spiro atoms. The molecule has 0 saturated heterocycles. The van der Waals surface area contributed by atoms with Gasteiger partial charge in [-0.25, -0.2) is 0 Å². The highest BCUT2D eigenvalue weighted by molar-refractivity contribution is 6.02. The Bertz CT molecular complexity index is 1020. The Morgan fingerprint density at radius 3 is 2.25 bits per heavy atom. The minimum absolute atomic E-state index is 0.267. The number of fused-ring (bicyclic) bond motifs is 1. The molecule has 1 heterocycles. The van der Waals surface area contributed by atoms with Crippen molar-refractivity contribution in [3.05, 3.63) is 84.6 Å². The van der Waals surface area contributed by atoms with Crippen molar-refractivity contribution in [2.45, 2.75) is 6.92 Å². The Morgan fingerprint density at radius 2 is 1.46 bits per heavy atom. The van der Waals surface area contributed by atoms with E-state index in [-0.39, 0.29) is 5.75 Å². The molecule has 0 saturated carbocycles. The predicted molar refractivity (Wildman–Crippen MR) is 99.0 cm³/mol. The summed E-state index contributed by atoms with van der Waals surface area (Å²) in [5, 5.41) is 11.4. The second kappa shape index (κ2) is 5.82. The van der Waals surface area contributed by atoms with Gasteiger partial charge in [0.2, 0.25) is 0 Å². The SMILES string of the molecule is Cc1ccc(-c2c(-c3ccccc3O)cnc3ccccc23)cc1. The summed E-state index contributed by atoms with van der Waals surface area (Å²) in [5.74, 6) is 0.267. The normalized spacial score (nSPS) is 10.9. The molecule has 0 aliphatic rings. The van der Waals surface area contributed by atoms with Crippen LogP contribution in [0.1, 0.15) is 5.56 Å². The first-order valence-corrected chi connectivity index (χ1v) is 7.97. The van der Waals surface area contributed by atoms with E-state index in [2.05, 4.69) is 42.2 Å². The Hall–Kier alpha value is -3.13. The van der Waals surface area contributed by atoms with Gasteiger partial charge in [0.05, 0.1) is 5.52 Å². The third-order valence-corrected chi connectivity index (χ3v) is 4.31. The number of phenols is 1. The molecule has 4 aromatic rings. The van der Waals surface area contributed by atoms with Gasteiger partial charge in [-0.2, -0.15) is 0 Å². The van der Waals surface area contributed by atoms with Crippen LogP contribution in [0.15, 0.2) is 79.0 Å². The van der Waals surface area contributed by atoms with E-state index in [1.807, 2.05) is 42.6 Å².